The van der Waals surface area contributed by atoms with E-state index in [4.69, 9.17) is 5.11 Å². The lowest BCUT2D eigenvalue weighted by Gasteiger charge is -2.27. The Labute approximate surface area is 122 Å². The molecule has 1 fully saturated rings. The van der Waals surface area contributed by atoms with Gasteiger partial charge in [0.1, 0.15) is 6.04 Å². The van der Waals surface area contributed by atoms with Gasteiger partial charge < -0.3 is 20.0 Å². The van der Waals surface area contributed by atoms with Crippen molar-refractivity contribution >= 4 is 12.0 Å². The van der Waals surface area contributed by atoms with E-state index in [1.165, 1.54) is 9.80 Å². The molecule has 1 aromatic rings. The number of likely N-dealkylation sites (tertiary alicyclic amines) is 1. The Balaban J connectivity index is 1.94. The van der Waals surface area contributed by atoms with Crippen molar-refractivity contribution < 1.29 is 19.8 Å². The van der Waals surface area contributed by atoms with Crippen molar-refractivity contribution in [3.63, 3.8) is 0 Å². The minimum absolute atomic E-state index is 0.0593. The van der Waals surface area contributed by atoms with Crippen LogP contribution in [0.4, 0.5) is 4.79 Å². The zero-order chi connectivity index (χ0) is 15.4. The normalized spacial score (nSPS) is 21.3. The zero-order valence-corrected chi connectivity index (χ0v) is 11.8. The van der Waals surface area contributed by atoms with Crippen LogP contribution in [-0.2, 0) is 11.2 Å². The van der Waals surface area contributed by atoms with E-state index in [0.29, 0.717) is 13.0 Å². The van der Waals surface area contributed by atoms with Gasteiger partial charge in [-0.3, -0.25) is 4.98 Å². The number of carbonyl (C=O) groups excluding carboxylic acids is 1. The summed E-state index contributed by atoms with van der Waals surface area (Å²) in [5.74, 6) is -1.09. The Morgan fingerprint density at radius 3 is 2.86 bits per heavy atom. The number of aromatic nitrogens is 1. The van der Waals surface area contributed by atoms with Gasteiger partial charge in [-0.25, -0.2) is 9.59 Å². The van der Waals surface area contributed by atoms with Crippen molar-refractivity contribution in [3.8, 4) is 0 Å². The first-order valence-corrected chi connectivity index (χ1v) is 6.81. The quantitative estimate of drug-likeness (QED) is 0.827. The molecule has 2 atom stereocenters. The number of aliphatic hydroxyl groups is 1. The highest BCUT2D eigenvalue weighted by molar-refractivity contribution is 5.83. The molecule has 2 amide bonds. The summed E-state index contributed by atoms with van der Waals surface area (Å²) >= 11 is 0. The number of aliphatic hydroxyl groups excluding tert-OH is 1. The van der Waals surface area contributed by atoms with Crippen molar-refractivity contribution in [1.29, 1.82) is 0 Å². The first kappa shape index (κ1) is 15.2. The molecular formula is C14H19N3O4. The van der Waals surface area contributed by atoms with Crippen LogP contribution in [0.3, 0.4) is 0 Å². The number of aliphatic carboxylic acids is 1. The third-order valence-corrected chi connectivity index (χ3v) is 3.57. The van der Waals surface area contributed by atoms with Crippen molar-refractivity contribution in [2.45, 2.75) is 25.0 Å². The summed E-state index contributed by atoms with van der Waals surface area (Å²) in [6.07, 6.45) is 1.58. The summed E-state index contributed by atoms with van der Waals surface area (Å²) < 4.78 is 0. The maximum atomic E-state index is 12.3. The van der Waals surface area contributed by atoms with E-state index in [1.807, 2.05) is 18.2 Å². The van der Waals surface area contributed by atoms with Gasteiger partial charge in [0.15, 0.2) is 0 Å². The van der Waals surface area contributed by atoms with Gasteiger partial charge in [0.2, 0.25) is 0 Å². The van der Waals surface area contributed by atoms with Crippen molar-refractivity contribution in [2.75, 3.05) is 20.1 Å². The van der Waals surface area contributed by atoms with Crippen LogP contribution in [0.5, 0.6) is 0 Å². The van der Waals surface area contributed by atoms with Crippen molar-refractivity contribution in [3.05, 3.63) is 30.1 Å². The number of likely N-dealkylation sites (N-methyl/N-ethyl adjacent to an activating group) is 1. The fraction of sp³-hybridized carbons (Fsp3) is 0.500. The van der Waals surface area contributed by atoms with Crippen molar-refractivity contribution in [2.24, 2.45) is 0 Å². The maximum Gasteiger partial charge on any atom is 0.326 e. The standard InChI is InChI=1S/C14H19N3O4/c1-16(7-5-10-4-2-3-6-15-10)14(21)17-9-11(18)8-12(17)13(19)20/h2-4,6,11-12,18H,5,7-9H2,1H3,(H,19,20). The number of hydrogen-bond acceptors (Lipinski definition) is 4. The molecule has 2 unspecified atom stereocenters. The summed E-state index contributed by atoms with van der Waals surface area (Å²) in [6.45, 7) is 0.499. The molecule has 114 valence electrons. The number of β-amino-alcohol motifs (C(OH)–C–C–N with tert-alkyl or cyclic N) is 1. The zero-order valence-electron chi connectivity index (χ0n) is 11.8. The number of hydrogen-bond donors (Lipinski definition) is 2. The van der Waals surface area contributed by atoms with Gasteiger partial charge in [-0.15, -0.1) is 0 Å². The first-order valence-electron chi connectivity index (χ1n) is 6.81. The Hall–Kier alpha value is -2.15. The number of carboxylic acids is 1. The molecule has 7 heteroatoms. The number of rotatable bonds is 4. The van der Waals surface area contributed by atoms with Gasteiger partial charge in [0.25, 0.3) is 0 Å². The Kier molecular flexibility index (Phi) is 4.74. The van der Waals surface area contributed by atoms with E-state index in [1.54, 1.807) is 13.2 Å². The van der Waals surface area contributed by atoms with Gasteiger partial charge in [-0.05, 0) is 12.1 Å². The molecule has 0 aliphatic carbocycles. The minimum atomic E-state index is -1.09. The summed E-state index contributed by atoms with van der Waals surface area (Å²) in [5.41, 5.74) is 0.869. The molecule has 21 heavy (non-hydrogen) atoms. The number of urea groups is 1. The molecule has 0 bridgehead atoms. The molecule has 0 aromatic carbocycles. The fourth-order valence-corrected chi connectivity index (χ4v) is 2.40. The van der Waals surface area contributed by atoms with E-state index in [9.17, 15) is 14.7 Å². The molecule has 0 radical (unpaired) electrons. The minimum Gasteiger partial charge on any atom is -0.480 e. The molecule has 1 saturated heterocycles. The predicted octanol–water partition coefficient (Wildman–Crippen LogP) is 0.196. The fourth-order valence-electron chi connectivity index (χ4n) is 2.40. The van der Waals surface area contributed by atoms with Gasteiger partial charge in [0, 0.05) is 44.9 Å². The average molecular weight is 293 g/mol. The monoisotopic (exact) mass is 293 g/mol. The third-order valence-electron chi connectivity index (χ3n) is 3.57. The van der Waals surface area contributed by atoms with Crippen LogP contribution in [0.15, 0.2) is 24.4 Å². The van der Waals surface area contributed by atoms with Crippen LogP contribution in [0, 0.1) is 0 Å². The van der Waals surface area contributed by atoms with Crippen LogP contribution >= 0.6 is 0 Å². The molecule has 2 heterocycles. The smallest absolute Gasteiger partial charge is 0.326 e. The summed E-state index contributed by atoms with van der Waals surface area (Å²) in [5, 5.41) is 18.7. The van der Waals surface area contributed by atoms with E-state index < -0.39 is 18.1 Å². The largest absolute Gasteiger partial charge is 0.480 e. The van der Waals surface area contributed by atoms with Crippen molar-refractivity contribution in [1.82, 2.24) is 14.8 Å². The SMILES string of the molecule is CN(CCc1ccccn1)C(=O)N1CC(O)CC1C(=O)O. The summed E-state index contributed by atoms with van der Waals surface area (Å²) in [4.78, 5) is 30.3. The Bertz CT molecular complexity index is 508. The first-order chi connectivity index (χ1) is 9.99. The molecule has 0 spiro atoms. The molecule has 1 aliphatic rings. The number of amides is 2. The van der Waals surface area contributed by atoms with Gasteiger partial charge >= 0.3 is 12.0 Å². The third kappa shape index (κ3) is 3.69. The van der Waals surface area contributed by atoms with Crippen LogP contribution < -0.4 is 0 Å². The van der Waals surface area contributed by atoms with E-state index >= 15 is 0 Å². The van der Waals surface area contributed by atoms with Crippen LogP contribution in [0.1, 0.15) is 12.1 Å². The lowest BCUT2D eigenvalue weighted by Crippen LogP contribution is -2.47. The summed E-state index contributed by atoms with van der Waals surface area (Å²) in [6, 6.07) is 4.24. The lowest BCUT2D eigenvalue weighted by molar-refractivity contribution is -0.141. The average Bonchev–Trinajstić information content (AvgIpc) is 2.87. The number of nitrogens with zero attached hydrogens (tertiary/aromatic N) is 3. The second kappa shape index (κ2) is 6.53. The molecule has 1 aliphatic heterocycles. The molecule has 0 saturated carbocycles. The van der Waals surface area contributed by atoms with Gasteiger partial charge in [-0.1, -0.05) is 6.07 Å². The highest BCUT2D eigenvalue weighted by atomic mass is 16.4. The highest BCUT2D eigenvalue weighted by Crippen LogP contribution is 2.19. The van der Waals surface area contributed by atoms with E-state index in [-0.39, 0.29) is 19.0 Å². The number of pyridine rings is 1. The lowest BCUT2D eigenvalue weighted by atomic mass is 10.2. The second-order valence-electron chi connectivity index (χ2n) is 5.17. The molecular weight excluding hydrogens is 274 g/mol. The molecule has 1 aromatic heterocycles. The molecule has 7 nitrogen and oxygen atoms in total. The molecule has 2 rings (SSSR count). The Morgan fingerprint density at radius 2 is 2.24 bits per heavy atom. The number of carbonyl (C=O) groups is 2. The second-order valence-corrected chi connectivity index (χ2v) is 5.17. The highest BCUT2D eigenvalue weighted by Gasteiger charge is 2.39. The van der Waals surface area contributed by atoms with Crippen LogP contribution in [0.25, 0.3) is 0 Å². The van der Waals surface area contributed by atoms with E-state index in [2.05, 4.69) is 4.98 Å². The summed E-state index contributed by atoms with van der Waals surface area (Å²) in [7, 11) is 1.62. The molecule has 2 N–H and O–H groups in total. The number of carboxylic acid groups (broad SMARTS) is 1. The van der Waals surface area contributed by atoms with Gasteiger partial charge in [0.05, 0.1) is 6.10 Å². The van der Waals surface area contributed by atoms with E-state index in [0.717, 1.165) is 5.69 Å². The van der Waals surface area contributed by atoms with Crippen LogP contribution in [0.2, 0.25) is 0 Å². The van der Waals surface area contributed by atoms with Crippen LogP contribution in [-0.4, -0.2) is 69.3 Å². The Morgan fingerprint density at radius 1 is 1.48 bits per heavy atom. The predicted molar refractivity (Wildman–Crippen MR) is 74.7 cm³/mol. The van der Waals surface area contributed by atoms with Gasteiger partial charge in [-0.2, -0.15) is 0 Å². The maximum absolute atomic E-state index is 12.3. The topological polar surface area (TPSA) is 94.0 Å².